The van der Waals surface area contributed by atoms with Gasteiger partial charge in [-0.05, 0) is 25.7 Å². The van der Waals surface area contributed by atoms with Gasteiger partial charge in [0.1, 0.15) is 0 Å². The molecular weight excluding hydrogens is 174 g/mol. The average Bonchev–Trinajstić information content (AvgIpc) is 2.29. The SMILES string of the molecule is O=C(NC1CCCCCC1)C1CCC1. The first-order valence-corrected chi connectivity index (χ1v) is 6.16. The molecule has 0 aromatic carbocycles. The van der Waals surface area contributed by atoms with E-state index < -0.39 is 0 Å². The molecular formula is C12H21NO. The molecule has 0 atom stereocenters. The van der Waals surface area contributed by atoms with Crippen LogP contribution < -0.4 is 5.32 Å². The van der Waals surface area contributed by atoms with Crippen LogP contribution in [0.5, 0.6) is 0 Å². The summed E-state index contributed by atoms with van der Waals surface area (Å²) in [6, 6.07) is 0.491. The number of hydrogen-bond donors (Lipinski definition) is 1. The van der Waals surface area contributed by atoms with Gasteiger partial charge in [-0.3, -0.25) is 4.79 Å². The summed E-state index contributed by atoms with van der Waals surface area (Å²) in [7, 11) is 0. The third-order valence-corrected chi connectivity index (χ3v) is 3.68. The van der Waals surface area contributed by atoms with Crippen LogP contribution in [0.3, 0.4) is 0 Å². The summed E-state index contributed by atoms with van der Waals surface area (Å²) in [5, 5.41) is 3.22. The Morgan fingerprint density at radius 2 is 1.50 bits per heavy atom. The lowest BCUT2D eigenvalue weighted by Crippen LogP contribution is -2.40. The third kappa shape index (κ3) is 2.49. The van der Waals surface area contributed by atoms with Gasteiger partial charge >= 0.3 is 0 Å². The molecule has 0 aliphatic heterocycles. The van der Waals surface area contributed by atoms with Crippen LogP contribution in [0.15, 0.2) is 0 Å². The van der Waals surface area contributed by atoms with E-state index in [-0.39, 0.29) is 0 Å². The molecule has 1 amide bonds. The van der Waals surface area contributed by atoms with Crippen molar-refractivity contribution in [3.05, 3.63) is 0 Å². The molecule has 2 heteroatoms. The van der Waals surface area contributed by atoms with E-state index in [9.17, 15) is 4.79 Å². The third-order valence-electron chi connectivity index (χ3n) is 3.68. The molecule has 0 aromatic rings. The largest absolute Gasteiger partial charge is 0.353 e. The van der Waals surface area contributed by atoms with Crippen molar-refractivity contribution in [2.45, 2.75) is 63.8 Å². The standard InChI is InChI=1S/C12H21NO/c14-12(10-6-5-7-10)13-11-8-3-1-2-4-9-11/h10-11H,1-9H2,(H,13,14). The quantitative estimate of drug-likeness (QED) is 0.674. The number of rotatable bonds is 2. The Morgan fingerprint density at radius 3 is 2.00 bits per heavy atom. The first-order chi connectivity index (χ1) is 6.86. The molecule has 0 bridgehead atoms. The molecule has 2 fully saturated rings. The summed E-state index contributed by atoms with van der Waals surface area (Å²) >= 11 is 0. The van der Waals surface area contributed by atoms with Crippen LogP contribution in [0.2, 0.25) is 0 Å². The van der Waals surface area contributed by atoms with Crippen LogP contribution in [0.25, 0.3) is 0 Å². The second kappa shape index (κ2) is 4.81. The molecule has 0 aromatic heterocycles. The molecule has 0 heterocycles. The monoisotopic (exact) mass is 195 g/mol. The number of hydrogen-bond acceptors (Lipinski definition) is 1. The zero-order valence-electron chi connectivity index (χ0n) is 8.93. The molecule has 0 spiro atoms. The molecule has 0 saturated heterocycles. The van der Waals surface area contributed by atoms with E-state index in [0.29, 0.717) is 17.9 Å². The van der Waals surface area contributed by atoms with Gasteiger partial charge in [-0.2, -0.15) is 0 Å². The van der Waals surface area contributed by atoms with E-state index in [1.54, 1.807) is 0 Å². The first kappa shape index (κ1) is 10.0. The van der Waals surface area contributed by atoms with Crippen molar-refractivity contribution >= 4 is 5.91 Å². The molecule has 0 radical (unpaired) electrons. The Bertz CT molecular complexity index is 190. The summed E-state index contributed by atoms with van der Waals surface area (Å²) < 4.78 is 0. The lowest BCUT2D eigenvalue weighted by atomic mass is 9.84. The van der Waals surface area contributed by atoms with Crippen LogP contribution in [0.4, 0.5) is 0 Å². The fraction of sp³-hybridized carbons (Fsp3) is 0.917. The molecule has 80 valence electrons. The summed E-state index contributed by atoms with van der Waals surface area (Å²) in [4.78, 5) is 11.7. The van der Waals surface area contributed by atoms with Crippen LogP contribution in [-0.4, -0.2) is 11.9 Å². The lowest BCUT2D eigenvalue weighted by Gasteiger charge is -2.27. The number of carbonyl (C=O) groups is 1. The highest BCUT2D eigenvalue weighted by Crippen LogP contribution is 2.27. The van der Waals surface area contributed by atoms with Gasteiger partial charge in [0.15, 0.2) is 0 Å². The van der Waals surface area contributed by atoms with E-state index >= 15 is 0 Å². The zero-order chi connectivity index (χ0) is 9.80. The summed E-state index contributed by atoms with van der Waals surface area (Å²) in [6.45, 7) is 0. The molecule has 1 N–H and O–H groups in total. The van der Waals surface area contributed by atoms with Gasteiger partial charge in [0.05, 0.1) is 0 Å². The molecule has 2 aliphatic rings. The normalized spacial score (nSPS) is 25.1. The van der Waals surface area contributed by atoms with Crippen LogP contribution in [-0.2, 0) is 4.79 Å². The maximum atomic E-state index is 11.7. The van der Waals surface area contributed by atoms with Gasteiger partial charge in [-0.25, -0.2) is 0 Å². The number of amides is 1. The summed E-state index contributed by atoms with van der Waals surface area (Å²) in [5.41, 5.74) is 0. The number of carbonyl (C=O) groups excluding carboxylic acids is 1. The van der Waals surface area contributed by atoms with Crippen LogP contribution in [0, 0.1) is 5.92 Å². The molecule has 2 rings (SSSR count). The van der Waals surface area contributed by atoms with Gasteiger partial charge in [-0.15, -0.1) is 0 Å². The van der Waals surface area contributed by atoms with E-state index in [2.05, 4.69) is 5.32 Å². The van der Waals surface area contributed by atoms with Crippen LogP contribution in [0.1, 0.15) is 57.8 Å². The van der Waals surface area contributed by atoms with Crippen molar-refractivity contribution in [1.29, 1.82) is 0 Å². The maximum Gasteiger partial charge on any atom is 0.223 e. The highest BCUT2D eigenvalue weighted by molar-refractivity contribution is 5.79. The molecule has 0 unspecified atom stereocenters. The molecule has 2 aliphatic carbocycles. The Labute approximate surface area is 86.5 Å². The average molecular weight is 195 g/mol. The minimum absolute atomic E-state index is 0.336. The molecule has 14 heavy (non-hydrogen) atoms. The Kier molecular flexibility index (Phi) is 3.44. The van der Waals surface area contributed by atoms with Crippen molar-refractivity contribution in [1.82, 2.24) is 5.32 Å². The van der Waals surface area contributed by atoms with E-state index in [0.717, 1.165) is 12.8 Å². The zero-order valence-corrected chi connectivity index (χ0v) is 8.93. The highest BCUT2D eigenvalue weighted by Gasteiger charge is 2.26. The molecule has 2 nitrogen and oxygen atoms in total. The number of nitrogens with one attached hydrogen (secondary N) is 1. The van der Waals surface area contributed by atoms with Crippen molar-refractivity contribution < 1.29 is 4.79 Å². The van der Waals surface area contributed by atoms with Gasteiger partial charge in [0, 0.05) is 12.0 Å². The minimum atomic E-state index is 0.336. The van der Waals surface area contributed by atoms with Crippen molar-refractivity contribution in [3.63, 3.8) is 0 Å². The highest BCUT2D eigenvalue weighted by atomic mass is 16.2. The minimum Gasteiger partial charge on any atom is -0.353 e. The van der Waals surface area contributed by atoms with Crippen molar-refractivity contribution in [3.8, 4) is 0 Å². The summed E-state index contributed by atoms with van der Waals surface area (Å²) in [5.74, 6) is 0.696. The van der Waals surface area contributed by atoms with Gasteiger partial charge in [0.25, 0.3) is 0 Å². The van der Waals surface area contributed by atoms with E-state index in [4.69, 9.17) is 0 Å². The Balaban J connectivity index is 1.74. The Hall–Kier alpha value is -0.530. The fourth-order valence-corrected chi connectivity index (χ4v) is 2.41. The van der Waals surface area contributed by atoms with Gasteiger partial charge < -0.3 is 5.32 Å². The molecule has 2 saturated carbocycles. The topological polar surface area (TPSA) is 29.1 Å². The maximum absolute atomic E-state index is 11.7. The first-order valence-electron chi connectivity index (χ1n) is 6.16. The predicted molar refractivity (Wildman–Crippen MR) is 57.0 cm³/mol. The van der Waals surface area contributed by atoms with Gasteiger partial charge in [0.2, 0.25) is 5.91 Å². The van der Waals surface area contributed by atoms with Crippen LogP contribution >= 0.6 is 0 Å². The Morgan fingerprint density at radius 1 is 0.857 bits per heavy atom. The lowest BCUT2D eigenvalue weighted by molar-refractivity contribution is -0.128. The van der Waals surface area contributed by atoms with Gasteiger partial charge in [-0.1, -0.05) is 32.1 Å². The predicted octanol–water partition coefficient (Wildman–Crippen LogP) is 2.63. The second-order valence-electron chi connectivity index (χ2n) is 4.82. The van der Waals surface area contributed by atoms with Crippen molar-refractivity contribution in [2.75, 3.05) is 0 Å². The second-order valence-corrected chi connectivity index (χ2v) is 4.82. The van der Waals surface area contributed by atoms with E-state index in [1.807, 2.05) is 0 Å². The summed E-state index contributed by atoms with van der Waals surface area (Å²) in [6.07, 6.45) is 11.2. The van der Waals surface area contributed by atoms with Crippen molar-refractivity contribution in [2.24, 2.45) is 5.92 Å². The van der Waals surface area contributed by atoms with E-state index in [1.165, 1.54) is 44.9 Å². The smallest absolute Gasteiger partial charge is 0.223 e. The fourth-order valence-electron chi connectivity index (χ4n) is 2.41.